The first-order valence-electron chi connectivity index (χ1n) is 5.32. The molecule has 0 aliphatic carbocycles. The number of nitro benzene ring substituents is 1. The quantitative estimate of drug-likeness (QED) is 0.631. The topological polar surface area (TPSA) is 92.5 Å². The van der Waals surface area contributed by atoms with Crippen LogP contribution in [0.1, 0.15) is 23.7 Å². The fraction of sp³-hybridized carbons (Fsp3) is 0.364. The van der Waals surface area contributed by atoms with Gasteiger partial charge < -0.3 is 10.4 Å². The lowest BCUT2D eigenvalue weighted by atomic mass is 10.1. The Morgan fingerprint density at radius 2 is 2.28 bits per heavy atom. The molecule has 0 aromatic heterocycles. The lowest BCUT2D eigenvalue weighted by Gasteiger charge is -2.07. The summed E-state index contributed by atoms with van der Waals surface area (Å²) in [5.41, 5.74) is -0.382. The highest BCUT2D eigenvalue weighted by molar-refractivity contribution is 6.31. The maximum absolute atomic E-state index is 11.7. The molecule has 98 valence electrons. The van der Waals surface area contributed by atoms with E-state index in [0.717, 1.165) is 6.07 Å². The van der Waals surface area contributed by atoms with Gasteiger partial charge in [0.1, 0.15) is 5.56 Å². The van der Waals surface area contributed by atoms with E-state index in [1.807, 2.05) is 0 Å². The van der Waals surface area contributed by atoms with Crippen molar-refractivity contribution in [3.05, 3.63) is 38.9 Å². The number of aliphatic hydroxyl groups is 1. The molecule has 0 radical (unpaired) electrons. The Bertz CT molecular complexity index is 462. The third-order valence-electron chi connectivity index (χ3n) is 2.25. The van der Waals surface area contributed by atoms with Crippen LogP contribution >= 0.6 is 11.6 Å². The Balaban J connectivity index is 2.82. The van der Waals surface area contributed by atoms with Gasteiger partial charge in [0.25, 0.3) is 11.6 Å². The lowest BCUT2D eigenvalue weighted by Crippen LogP contribution is -2.27. The lowest BCUT2D eigenvalue weighted by molar-refractivity contribution is -0.385. The number of hydrogen-bond acceptors (Lipinski definition) is 4. The van der Waals surface area contributed by atoms with Crippen LogP contribution in [-0.4, -0.2) is 28.6 Å². The highest BCUT2D eigenvalue weighted by Gasteiger charge is 2.20. The average Bonchev–Trinajstić information content (AvgIpc) is 2.28. The number of amides is 1. The van der Waals surface area contributed by atoms with Gasteiger partial charge in [0.15, 0.2) is 0 Å². The van der Waals surface area contributed by atoms with E-state index >= 15 is 0 Å². The molecule has 1 amide bonds. The number of benzene rings is 1. The Morgan fingerprint density at radius 1 is 1.61 bits per heavy atom. The van der Waals surface area contributed by atoms with Gasteiger partial charge in [-0.05, 0) is 25.5 Å². The molecule has 0 aliphatic heterocycles. The molecule has 1 aromatic rings. The Morgan fingerprint density at radius 3 is 2.83 bits per heavy atom. The predicted molar refractivity (Wildman–Crippen MR) is 66.7 cm³/mol. The third-order valence-corrected chi connectivity index (χ3v) is 2.48. The van der Waals surface area contributed by atoms with Crippen LogP contribution in [0.4, 0.5) is 5.69 Å². The van der Waals surface area contributed by atoms with E-state index in [9.17, 15) is 14.9 Å². The number of halogens is 1. The van der Waals surface area contributed by atoms with Crippen molar-refractivity contribution in [1.82, 2.24) is 5.32 Å². The van der Waals surface area contributed by atoms with Crippen molar-refractivity contribution in [3.63, 3.8) is 0 Å². The summed E-state index contributed by atoms with van der Waals surface area (Å²) >= 11 is 5.64. The first kappa shape index (κ1) is 14.4. The molecule has 7 heteroatoms. The zero-order valence-electron chi connectivity index (χ0n) is 9.72. The molecule has 1 aromatic carbocycles. The van der Waals surface area contributed by atoms with E-state index in [1.165, 1.54) is 12.1 Å². The summed E-state index contributed by atoms with van der Waals surface area (Å²) in [6, 6.07) is 3.85. The predicted octanol–water partition coefficient (Wildman–Crippen LogP) is 1.75. The zero-order chi connectivity index (χ0) is 13.7. The smallest absolute Gasteiger partial charge is 0.283 e. The minimum atomic E-state index is -0.657. The van der Waals surface area contributed by atoms with Gasteiger partial charge in [-0.3, -0.25) is 14.9 Å². The maximum Gasteiger partial charge on any atom is 0.283 e. The van der Waals surface area contributed by atoms with Gasteiger partial charge in [-0.15, -0.1) is 0 Å². The van der Waals surface area contributed by atoms with E-state index < -0.39 is 16.9 Å². The standard InChI is InChI=1S/C11H13ClN2O4/c1-7(15)4-5-13-11(16)9-3-2-8(12)6-10(9)14(17)18/h2-3,6-7,15H,4-5H2,1H3,(H,13,16). The van der Waals surface area contributed by atoms with E-state index in [4.69, 9.17) is 16.7 Å². The normalized spacial score (nSPS) is 11.9. The molecule has 0 fully saturated rings. The monoisotopic (exact) mass is 272 g/mol. The molecule has 0 aliphatic rings. The van der Waals surface area contributed by atoms with Gasteiger partial charge in [-0.1, -0.05) is 11.6 Å². The van der Waals surface area contributed by atoms with Crippen LogP contribution in [0.2, 0.25) is 5.02 Å². The Hall–Kier alpha value is -1.66. The number of aliphatic hydroxyl groups excluding tert-OH is 1. The van der Waals surface area contributed by atoms with Crippen LogP contribution in [0, 0.1) is 10.1 Å². The van der Waals surface area contributed by atoms with Crippen LogP contribution in [0.5, 0.6) is 0 Å². The molecule has 1 rings (SSSR count). The van der Waals surface area contributed by atoms with Crippen LogP contribution in [0.3, 0.4) is 0 Å². The molecule has 18 heavy (non-hydrogen) atoms. The molecule has 0 bridgehead atoms. The fourth-order valence-electron chi connectivity index (χ4n) is 1.34. The van der Waals surface area contributed by atoms with Crippen molar-refractivity contribution in [2.75, 3.05) is 6.54 Å². The van der Waals surface area contributed by atoms with Crippen molar-refractivity contribution in [2.24, 2.45) is 0 Å². The van der Waals surface area contributed by atoms with Crippen molar-refractivity contribution in [3.8, 4) is 0 Å². The molecule has 0 saturated heterocycles. The van der Waals surface area contributed by atoms with Crippen LogP contribution in [0.15, 0.2) is 18.2 Å². The Kier molecular flexibility index (Phi) is 5.06. The number of nitro groups is 1. The van der Waals surface area contributed by atoms with Gasteiger partial charge in [0, 0.05) is 17.6 Å². The Labute approximate surface area is 109 Å². The van der Waals surface area contributed by atoms with Crippen LogP contribution in [0.25, 0.3) is 0 Å². The number of hydrogen-bond donors (Lipinski definition) is 2. The summed E-state index contributed by atoms with van der Waals surface area (Å²) in [6.45, 7) is 1.84. The average molecular weight is 273 g/mol. The molecule has 0 saturated carbocycles. The van der Waals surface area contributed by atoms with E-state index in [0.29, 0.717) is 6.42 Å². The number of nitrogens with one attached hydrogen (secondary N) is 1. The van der Waals surface area contributed by atoms with E-state index in [1.54, 1.807) is 6.92 Å². The largest absolute Gasteiger partial charge is 0.393 e. The van der Waals surface area contributed by atoms with Crippen LogP contribution in [-0.2, 0) is 0 Å². The number of carbonyl (C=O) groups excluding carboxylic acids is 1. The van der Waals surface area contributed by atoms with E-state index in [2.05, 4.69) is 5.32 Å². The summed E-state index contributed by atoms with van der Waals surface area (Å²) in [7, 11) is 0. The van der Waals surface area contributed by atoms with Crippen LogP contribution < -0.4 is 5.32 Å². The highest BCUT2D eigenvalue weighted by Crippen LogP contribution is 2.22. The number of nitrogens with zero attached hydrogens (tertiary/aromatic N) is 1. The minimum absolute atomic E-state index is 0.0463. The van der Waals surface area contributed by atoms with Crippen molar-refractivity contribution < 1.29 is 14.8 Å². The second-order valence-electron chi connectivity index (χ2n) is 3.81. The van der Waals surface area contributed by atoms with Crippen molar-refractivity contribution in [2.45, 2.75) is 19.4 Å². The van der Waals surface area contributed by atoms with Gasteiger partial charge in [-0.25, -0.2) is 0 Å². The molecule has 1 unspecified atom stereocenters. The van der Waals surface area contributed by atoms with Crippen molar-refractivity contribution >= 4 is 23.2 Å². The molecule has 6 nitrogen and oxygen atoms in total. The second kappa shape index (κ2) is 6.32. The van der Waals surface area contributed by atoms with E-state index in [-0.39, 0.29) is 22.8 Å². The maximum atomic E-state index is 11.7. The minimum Gasteiger partial charge on any atom is -0.393 e. The van der Waals surface area contributed by atoms with Crippen molar-refractivity contribution in [1.29, 1.82) is 0 Å². The second-order valence-corrected chi connectivity index (χ2v) is 4.25. The summed E-state index contributed by atoms with van der Waals surface area (Å²) in [6.07, 6.45) is -0.154. The molecule has 0 heterocycles. The summed E-state index contributed by atoms with van der Waals surface area (Å²) in [5.74, 6) is -0.556. The molecule has 2 N–H and O–H groups in total. The van der Waals surface area contributed by atoms with Gasteiger partial charge >= 0.3 is 0 Å². The summed E-state index contributed by atoms with van der Waals surface area (Å²) in [4.78, 5) is 21.9. The number of rotatable bonds is 5. The molecular formula is C11H13ClN2O4. The molecular weight excluding hydrogens is 260 g/mol. The first-order chi connectivity index (χ1) is 8.41. The SMILES string of the molecule is CC(O)CCNC(=O)c1ccc(Cl)cc1[N+](=O)[O-]. The summed E-state index contributed by atoms with van der Waals surface area (Å²) < 4.78 is 0. The molecule has 0 spiro atoms. The highest BCUT2D eigenvalue weighted by atomic mass is 35.5. The first-order valence-corrected chi connectivity index (χ1v) is 5.70. The van der Waals surface area contributed by atoms with Gasteiger partial charge in [0.2, 0.25) is 0 Å². The molecule has 1 atom stereocenters. The fourth-order valence-corrected chi connectivity index (χ4v) is 1.50. The summed E-state index contributed by atoms with van der Waals surface area (Å²) in [5, 5.41) is 22.5. The number of carbonyl (C=O) groups is 1. The van der Waals surface area contributed by atoms with Gasteiger partial charge in [0.05, 0.1) is 11.0 Å². The third kappa shape index (κ3) is 3.97. The zero-order valence-corrected chi connectivity index (χ0v) is 10.5. The van der Waals surface area contributed by atoms with Gasteiger partial charge in [-0.2, -0.15) is 0 Å².